The van der Waals surface area contributed by atoms with Crippen LogP contribution in [0.25, 0.3) is 0 Å². The Morgan fingerprint density at radius 3 is 1.74 bits per heavy atom. The average molecular weight is 455 g/mol. The number of primary amides is 1. The van der Waals surface area contributed by atoms with Crippen molar-refractivity contribution in [3.05, 3.63) is 107 Å². The van der Waals surface area contributed by atoms with E-state index in [1.807, 2.05) is 90.7 Å². The molecule has 3 aromatic rings. The molecule has 0 saturated carbocycles. The first-order valence-corrected chi connectivity index (χ1v) is 11.6. The zero-order valence-electron chi connectivity index (χ0n) is 19.6. The van der Waals surface area contributed by atoms with Crippen molar-refractivity contribution in [1.29, 1.82) is 0 Å². The van der Waals surface area contributed by atoms with E-state index in [0.29, 0.717) is 24.2 Å². The summed E-state index contributed by atoms with van der Waals surface area (Å²) in [6, 6.07) is 24.4. The smallest absolute Gasteiger partial charge is 0.231 e. The van der Waals surface area contributed by atoms with Gasteiger partial charge in [0.1, 0.15) is 0 Å². The minimum atomic E-state index is -0.492. The first kappa shape index (κ1) is 23.6. The van der Waals surface area contributed by atoms with E-state index < -0.39 is 17.7 Å². The number of piperidine rings is 1. The topological polar surface area (TPSA) is 80.5 Å². The number of likely N-dealkylation sites (tertiary alicyclic amines) is 1. The maximum absolute atomic E-state index is 13.9. The molecule has 0 radical (unpaired) electrons. The molecule has 0 aliphatic carbocycles. The van der Waals surface area contributed by atoms with E-state index in [1.165, 1.54) is 0 Å². The highest BCUT2D eigenvalue weighted by Gasteiger charge is 2.45. The van der Waals surface area contributed by atoms with E-state index in [1.54, 1.807) is 0 Å². The van der Waals surface area contributed by atoms with Gasteiger partial charge < -0.3 is 5.73 Å². The normalized spacial score (nSPS) is 19.0. The maximum Gasteiger partial charge on any atom is 0.231 e. The Morgan fingerprint density at radius 2 is 1.26 bits per heavy atom. The molecule has 5 nitrogen and oxygen atoms in total. The zero-order valence-corrected chi connectivity index (χ0v) is 19.6. The molecule has 1 saturated heterocycles. The maximum atomic E-state index is 13.9. The number of ketones is 2. The summed E-state index contributed by atoms with van der Waals surface area (Å²) in [6.07, 6.45) is 0. The molecule has 1 amide bonds. The van der Waals surface area contributed by atoms with Crippen LogP contribution in [0.5, 0.6) is 0 Å². The van der Waals surface area contributed by atoms with Gasteiger partial charge in [-0.3, -0.25) is 19.3 Å². The standard InChI is InChI=1S/C29H30N2O3/c1-19-10-9-15-23(20(19)2)27-24(28(33)21-11-5-3-6-12-21)16-31(18-26(30)32)17-25(27)29(34)22-13-7-4-8-14-22/h3-15,24-25,27H,16-18H2,1-2H3,(H2,30,32)/t24-,25-/m0/s1. The van der Waals surface area contributed by atoms with Crippen molar-refractivity contribution in [3.63, 3.8) is 0 Å². The number of amides is 1. The summed E-state index contributed by atoms with van der Waals surface area (Å²) < 4.78 is 0. The Kier molecular flexibility index (Phi) is 7.03. The Hall–Kier alpha value is -3.57. The van der Waals surface area contributed by atoms with E-state index in [-0.39, 0.29) is 24.0 Å². The molecule has 34 heavy (non-hydrogen) atoms. The van der Waals surface area contributed by atoms with Gasteiger partial charge >= 0.3 is 0 Å². The van der Waals surface area contributed by atoms with Gasteiger partial charge in [0.25, 0.3) is 0 Å². The third kappa shape index (κ3) is 4.85. The van der Waals surface area contributed by atoms with E-state index in [0.717, 1.165) is 16.7 Å². The lowest BCUT2D eigenvalue weighted by Crippen LogP contribution is -2.52. The number of nitrogens with zero attached hydrogens (tertiary/aromatic N) is 1. The van der Waals surface area contributed by atoms with Crippen molar-refractivity contribution in [2.24, 2.45) is 17.6 Å². The van der Waals surface area contributed by atoms with Crippen molar-refractivity contribution >= 4 is 17.5 Å². The number of hydrogen-bond donors (Lipinski definition) is 1. The Morgan fingerprint density at radius 1 is 0.765 bits per heavy atom. The molecule has 2 N–H and O–H groups in total. The van der Waals surface area contributed by atoms with Crippen molar-refractivity contribution in [1.82, 2.24) is 4.90 Å². The third-order valence-corrected chi connectivity index (χ3v) is 6.95. The van der Waals surface area contributed by atoms with Crippen LogP contribution >= 0.6 is 0 Å². The molecule has 174 valence electrons. The molecular weight excluding hydrogens is 424 g/mol. The van der Waals surface area contributed by atoms with Gasteiger partial charge in [-0.1, -0.05) is 78.9 Å². The van der Waals surface area contributed by atoms with Gasteiger partial charge in [0, 0.05) is 42.0 Å². The number of carbonyl (C=O) groups is 3. The zero-order chi connectivity index (χ0) is 24.2. The van der Waals surface area contributed by atoms with Crippen molar-refractivity contribution in [2.45, 2.75) is 19.8 Å². The first-order chi connectivity index (χ1) is 16.4. The summed E-state index contributed by atoms with van der Waals surface area (Å²) in [5, 5.41) is 0. The summed E-state index contributed by atoms with van der Waals surface area (Å²) in [5.41, 5.74) is 9.97. The fourth-order valence-corrected chi connectivity index (χ4v) is 5.18. The largest absolute Gasteiger partial charge is 0.369 e. The van der Waals surface area contributed by atoms with Gasteiger partial charge in [-0.2, -0.15) is 0 Å². The van der Waals surface area contributed by atoms with Gasteiger partial charge in [0.05, 0.1) is 6.54 Å². The van der Waals surface area contributed by atoms with Gasteiger partial charge in [0.15, 0.2) is 11.6 Å². The summed E-state index contributed by atoms with van der Waals surface area (Å²) in [6.45, 7) is 4.84. The molecule has 2 atom stereocenters. The monoisotopic (exact) mass is 454 g/mol. The van der Waals surface area contributed by atoms with Gasteiger partial charge in [-0.25, -0.2) is 0 Å². The van der Waals surface area contributed by atoms with Crippen LogP contribution in [0, 0.1) is 25.7 Å². The lowest BCUT2D eigenvalue weighted by atomic mass is 9.67. The molecule has 0 spiro atoms. The third-order valence-electron chi connectivity index (χ3n) is 6.95. The highest BCUT2D eigenvalue weighted by molar-refractivity contribution is 6.02. The molecule has 3 aromatic carbocycles. The highest BCUT2D eigenvalue weighted by atomic mass is 16.1. The molecule has 1 aliphatic heterocycles. The predicted molar refractivity (Wildman–Crippen MR) is 133 cm³/mol. The second-order valence-electron chi connectivity index (χ2n) is 9.15. The average Bonchev–Trinajstić information content (AvgIpc) is 2.85. The van der Waals surface area contributed by atoms with Crippen LogP contribution in [0.4, 0.5) is 0 Å². The second kappa shape index (κ2) is 10.1. The summed E-state index contributed by atoms with van der Waals surface area (Å²) in [5.74, 6) is -1.81. The van der Waals surface area contributed by atoms with Crippen LogP contribution in [0.3, 0.4) is 0 Å². The lowest BCUT2D eigenvalue weighted by molar-refractivity contribution is -0.119. The first-order valence-electron chi connectivity index (χ1n) is 11.6. The van der Waals surface area contributed by atoms with Crippen LogP contribution in [0.2, 0.25) is 0 Å². The van der Waals surface area contributed by atoms with Crippen LogP contribution < -0.4 is 5.73 Å². The number of rotatable bonds is 7. The molecular formula is C29H30N2O3. The molecule has 4 rings (SSSR count). The molecule has 0 bridgehead atoms. The minimum Gasteiger partial charge on any atom is -0.369 e. The molecule has 5 heteroatoms. The lowest BCUT2D eigenvalue weighted by Gasteiger charge is -2.43. The molecule has 0 unspecified atom stereocenters. The number of benzene rings is 3. The molecule has 1 aliphatic rings. The number of carbonyl (C=O) groups excluding carboxylic acids is 3. The van der Waals surface area contributed by atoms with Crippen LogP contribution in [-0.4, -0.2) is 42.0 Å². The van der Waals surface area contributed by atoms with Crippen molar-refractivity contribution in [3.8, 4) is 0 Å². The number of aryl methyl sites for hydroxylation is 1. The minimum absolute atomic E-state index is 0.0106. The number of Topliss-reactive ketones (excluding diaryl/α,β-unsaturated/α-hetero) is 2. The Bertz CT molecular complexity index is 1130. The van der Waals surface area contributed by atoms with E-state index in [9.17, 15) is 14.4 Å². The second-order valence-corrected chi connectivity index (χ2v) is 9.15. The van der Waals surface area contributed by atoms with Crippen LogP contribution in [-0.2, 0) is 4.79 Å². The van der Waals surface area contributed by atoms with Gasteiger partial charge in [-0.15, -0.1) is 0 Å². The summed E-state index contributed by atoms with van der Waals surface area (Å²) in [4.78, 5) is 41.4. The van der Waals surface area contributed by atoms with E-state index >= 15 is 0 Å². The molecule has 1 heterocycles. The number of hydrogen-bond acceptors (Lipinski definition) is 4. The van der Waals surface area contributed by atoms with Crippen molar-refractivity contribution in [2.75, 3.05) is 19.6 Å². The Labute approximate surface area is 200 Å². The summed E-state index contributed by atoms with van der Waals surface area (Å²) in [7, 11) is 0. The van der Waals surface area contributed by atoms with Crippen LogP contribution in [0.15, 0.2) is 78.9 Å². The fraction of sp³-hybridized carbons (Fsp3) is 0.276. The van der Waals surface area contributed by atoms with Gasteiger partial charge in [-0.05, 0) is 30.5 Å². The SMILES string of the molecule is Cc1cccc(C2[C@@H](C(=O)c3ccccc3)CN(CC(N)=O)C[C@@H]2C(=O)c2ccccc2)c1C. The highest BCUT2D eigenvalue weighted by Crippen LogP contribution is 2.42. The van der Waals surface area contributed by atoms with E-state index in [2.05, 4.69) is 6.92 Å². The number of nitrogens with two attached hydrogens (primary N) is 1. The quantitative estimate of drug-likeness (QED) is 0.543. The molecule has 0 aromatic heterocycles. The predicted octanol–water partition coefficient (Wildman–Crippen LogP) is 4.19. The molecule has 1 fully saturated rings. The van der Waals surface area contributed by atoms with E-state index in [4.69, 9.17) is 5.73 Å². The fourth-order valence-electron chi connectivity index (χ4n) is 5.18. The van der Waals surface area contributed by atoms with Gasteiger partial charge in [0.2, 0.25) is 5.91 Å². The van der Waals surface area contributed by atoms with Crippen LogP contribution in [0.1, 0.15) is 43.3 Å². The Balaban J connectivity index is 1.86. The summed E-state index contributed by atoms with van der Waals surface area (Å²) >= 11 is 0. The van der Waals surface area contributed by atoms with Crippen molar-refractivity contribution < 1.29 is 14.4 Å².